The van der Waals surface area contributed by atoms with Gasteiger partial charge < -0.3 is 5.11 Å². The Hall–Kier alpha value is -1.34. The maximum atomic E-state index is 13.1. The van der Waals surface area contributed by atoms with Crippen molar-refractivity contribution in [1.29, 1.82) is 0 Å². The van der Waals surface area contributed by atoms with Gasteiger partial charge in [0.15, 0.2) is 0 Å². The van der Waals surface area contributed by atoms with Gasteiger partial charge in [-0.25, -0.2) is 17.6 Å². The molecular formula is C11H13ClFNO4S. The Morgan fingerprint density at radius 3 is 2.68 bits per heavy atom. The Balaban J connectivity index is 2.94. The van der Waals surface area contributed by atoms with Gasteiger partial charge in [-0.15, -0.1) is 11.6 Å². The number of rotatable bonds is 6. The van der Waals surface area contributed by atoms with E-state index >= 15 is 0 Å². The quantitative estimate of drug-likeness (QED) is 0.789. The molecule has 0 spiro atoms. The van der Waals surface area contributed by atoms with Crippen molar-refractivity contribution in [3.8, 4) is 0 Å². The van der Waals surface area contributed by atoms with Gasteiger partial charge >= 0.3 is 5.97 Å². The van der Waals surface area contributed by atoms with Crippen molar-refractivity contribution in [3.05, 3.63) is 29.6 Å². The van der Waals surface area contributed by atoms with Crippen LogP contribution in [0.4, 0.5) is 10.1 Å². The molecule has 0 heterocycles. The number of sulfonamides is 1. The lowest BCUT2D eigenvalue weighted by molar-refractivity contribution is 0.0692. The number of anilines is 1. The van der Waals surface area contributed by atoms with E-state index in [4.69, 9.17) is 16.7 Å². The summed E-state index contributed by atoms with van der Waals surface area (Å²) in [5.41, 5.74) is -0.592. The number of aromatic carboxylic acids is 1. The smallest absolute Gasteiger partial charge is 0.338 e. The molecule has 0 aliphatic rings. The number of hydrogen-bond acceptors (Lipinski definition) is 3. The van der Waals surface area contributed by atoms with Crippen LogP contribution >= 0.6 is 11.6 Å². The van der Waals surface area contributed by atoms with Crippen molar-refractivity contribution >= 4 is 33.3 Å². The summed E-state index contributed by atoms with van der Waals surface area (Å²) >= 11 is 5.53. The Kier molecular flexibility index (Phi) is 5.13. The van der Waals surface area contributed by atoms with E-state index in [1.54, 1.807) is 6.92 Å². The Bertz CT molecular complexity index is 576. The van der Waals surface area contributed by atoms with Crippen molar-refractivity contribution < 1.29 is 22.7 Å². The summed E-state index contributed by atoms with van der Waals surface area (Å²) in [5.74, 6) is -2.66. The first-order chi connectivity index (χ1) is 8.75. The maximum absolute atomic E-state index is 13.1. The number of halogens is 2. The monoisotopic (exact) mass is 309 g/mol. The molecule has 0 aliphatic carbocycles. The topological polar surface area (TPSA) is 83.5 Å². The highest BCUT2D eigenvalue weighted by Crippen LogP contribution is 2.17. The highest BCUT2D eigenvalue weighted by molar-refractivity contribution is 7.92. The predicted molar refractivity (Wildman–Crippen MR) is 70.7 cm³/mol. The van der Waals surface area contributed by atoms with Crippen LogP contribution in [0.5, 0.6) is 0 Å². The standard InChI is InChI=1S/C11H13ClFNO4S/c1-7(5-12)6-19(17,18)14-8-2-3-10(13)9(4-8)11(15)16/h2-4,7,14H,5-6H2,1H3,(H,15,16). The third kappa shape index (κ3) is 4.68. The molecule has 0 saturated carbocycles. The first-order valence-electron chi connectivity index (χ1n) is 5.34. The van der Waals surface area contributed by atoms with Gasteiger partial charge in [0, 0.05) is 11.6 Å². The van der Waals surface area contributed by atoms with E-state index < -0.39 is 27.4 Å². The molecule has 0 aliphatic heterocycles. The van der Waals surface area contributed by atoms with Crippen LogP contribution in [0.3, 0.4) is 0 Å². The van der Waals surface area contributed by atoms with Gasteiger partial charge in [-0.2, -0.15) is 0 Å². The largest absolute Gasteiger partial charge is 0.478 e. The molecule has 0 saturated heterocycles. The molecule has 19 heavy (non-hydrogen) atoms. The molecule has 1 aromatic rings. The van der Waals surface area contributed by atoms with E-state index in [9.17, 15) is 17.6 Å². The van der Waals surface area contributed by atoms with Gasteiger partial charge in [-0.1, -0.05) is 6.92 Å². The van der Waals surface area contributed by atoms with E-state index in [-0.39, 0.29) is 23.2 Å². The molecule has 5 nitrogen and oxygen atoms in total. The van der Waals surface area contributed by atoms with Crippen LogP contribution in [0.15, 0.2) is 18.2 Å². The van der Waals surface area contributed by atoms with Gasteiger partial charge in [0.1, 0.15) is 5.82 Å². The van der Waals surface area contributed by atoms with Crippen molar-refractivity contribution in [1.82, 2.24) is 0 Å². The summed E-state index contributed by atoms with van der Waals surface area (Å²) in [6.07, 6.45) is 0. The number of nitrogens with one attached hydrogen (secondary N) is 1. The van der Waals surface area contributed by atoms with Gasteiger partial charge in [-0.05, 0) is 24.1 Å². The average molecular weight is 310 g/mol. The highest BCUT2D eigenvalue weighted by Gasteiger charge is 2.17. The Labute approximate surface area is 115 Å². The lowest BCUT2D eigenvalue weighted by Gasteiger charge is -2.11. The average Bonchev–Trinajstić information content (AvgIpc) is 2.30. The van der Waals surface area contributed by atoms with E-state index in [2.05, 4.69) is 4.72 Å². The maximum Gasteiger partial charge on any atom is 0.338 e. The second kappa shape index (κ2) is 6.21. The molecule has 0 aromatic heterocycles. The molecule has 106 valence electrons. The zero-order valence-electron chi connectivity index (χ0n) is 10.1. The Morgan fingerprint density at radius 1 is 1.53 bits per heavy atom. The summed E-state index contributed by atoms with van der Waals surface area (Å²) in [6, 6.07) is 2.98. The number of alkyl halides is 1. The lowest BCUT2D eigenvalue weighted by atomic mass is 10.2. The Morgan fingerprint density at radius 2 is 2.16 bits per heavy atom. The molecule has 8 heteroatoms. The zero-order valence-corrected chi connectivity index (χ0v) is 11.6. The fourth-order valence-electron chi connectivity index (χ4n) is 1.39. The lowest BCUT2D eigenvalue weighted by Crippen LogP contribution is -2.22. The van der Waals surface area contributed by atoms with E-state index in [0.29, 0.717) is 0 Å². The summed E-state index contributed by atoms with van der Waals surface area (Å²) in [6.45, 7) is 1.67. The minimum Gasteiger partial charge on any atom is -0.478 e. The molecule has 0 fully saturated rings. The van der Waals surface area contributed by atoms with Crippen molar-refractivity contribution in [2.24, 2.45) is 5.92 Å². The van der Waals surface area contributed by atoms with Gasteiger partial charge in [-0.3, -0.25) is 4.72 Å². The second-order valence-corrected chi connectivity index (χ2v) is 6.22. The van der Waals surface area contributed by atoms with Gasteiger partial charge in [0.2, 0.25) is 10.0 Å². The van der Waals surface area contributed by atoms with Crippen molar-refractivity contribution in [3.63, 3.8) is 0 Å². The first kappa shape index (κ1) is 15.7. The van der Waals surface area contributed by atoms with Gasteiger partial charge in [0.25, 0.3) is 0 Å². The minimum atomic E-state index is -3.65. The number of carbonyl (C=O) groups is 1. The number of hydrogen-bond donors (Lipinski definition) is 2. The number of benzene rings is 1. The molecule has 2 N–H and O–H groups in total. The van der Waals surface area contributed by atoms with E-state index in [0.717, 1.165) is 18.2 Å². The van der Waals surface area contributed by atoms with Crippen LogP contribution in [0.2, 0.25) is 0 Å². The highest BCUT2D eigenvalue weighted by atomic mass is 35.5. The van der Waals surface area contributed by atoms with Gasteiger partial charge in [0.05, 0.1) is 11.3 Å². The summed E-state index contributed by atoms with van der Waals surface area (Å²) in [4.78, 5) is 10.7. The first-order valence-corrected chi connectivity index (χ1v) is 7.53. The van der Waals surface area contributed by atoms with Crippen LogP contribution in [-0.4, -0.2) is 31.1 Å². The van der Waals surface area contributed by atoms with Crippen molar-refractivity contribution in [2.75, 3.05) is 16.4 Å². The molecule has 0 bridgehead atoms. The zero-order chi connectivity index (χ0) is 14.6. The van der Waals surface area contributed by atoms with E-state index in [1.165, 1.54) is 0 Å². The number of carboxylic acid groups (broad SMARTS) is 1. The molecule has 1 rings (SSSR count). The SMILES string of the molecule is CC(CCl)CS(=O)(=O)Nc1ccc(F)c(C(=O)O)c1. The van der Waals surface area contributed by atoms with Crippen LogP contribution < -0.4 is 4.72 Å². The third-order valence-corrected chi connectivity index (χ3v) is 4.32. The normalized spacial score (nSPS) is 13.0. The van der Waals surface area contributed by atoms with Crippen LogP contribution in [0.1, 0.15) is 17.3 Å². The van der Waals surface area contributed by atoms with Crippen LogP contribution in [0.25, 0.3) is 0 Å². The summed E-state index contributed by atoms with van der Waals surface area (Å²) in [7, 11) is -3.65. The van der Waals surface area contributed by atoms with E-state index in [1.807, 2.05) is 0 Å². The second-order valence-electron chi connectivity index (χ2n) is 4.14. The minimum absolute atomic E-state index is 0.000530. The third-order valence-electron chi connectivity index (χ3n) is 2.24. The summed E-state index contributed by atoms with van der Waals surface area (Å²) in [5, 5.41) is 8.74. The molecular weight excluding hydrogens is 297 g/mol. The summed E-state index contributed by atoms with van der Waals surface area (Å²) < 4.78 is 38.8. The predicted octanol–water partition coefficient (Wildman–Crippen LogP) is 2.14. The molecule has 1 aromatic carbocycles. The fraction of sp³-hybridized carbons (Fsp3) is 0.364. The molecule has 1 unspecified atom stereocenters. The molecule has 0 amide bonds. The van der Waals surface area contributed by atoms with Crippen molar-refractivity contribution in [2.45, 2.75) is 6.92 Å². The number of carboxylic acids is 1. The van der Waals surface area contributed by atoms with Crippen LogP contribution in [-0.2, 0) is 10.0 Å². The van der Waals surface area contributed by atoms with Crippen LogP contribution in [0, 0.1) is 11.7 Å². The fourth-order valence-corrected chi connectivity index (χ4v) is 3.07. The molecule has 1 atom stereocenters. The molecule has 0 radical (unpaired) electrons.